The van der Waals surface area contributed by atoms with Crippen LogP contribution in [0.4, 0.5) is 0 Å². The lowest BCUT2D eigenvalue weighted by Crippen LogP contribution is -2.03. The van der Waals surface area contributed by atoms with Gasteiger partial charge in [-0.2, -0.15) is 0 Å². The maximum absolute atomic E-state index is 12.5. The molecule has 0 atom stereocenters. The second-order valence-corrected chi connectivity index (χ2v) is 7.98. The van der Waals surface area contributed by atoms with Crippen molar-refractivity contribution in [1.29, 1.82) is 0 Å². The number of phenolic OH excluding ortho intramolecular Hbond substituents is 1. The van der Waals surface area contributed by atoms with Gasteiger partial charge in [0.15, 0.2) is 0 Å². The monoisotopic (exact) mass is 421 g/mol. The molecule has 1 aromatic heterocycles. The molecule has 32 heavy (non-hydrogen) atoms. The van der Waals surface area contributed by atoms with E-state index >= 15 is 0 Å². The van der Waals surface area contributed by atoms with Crippen LogP contribution >= 0.6 is 0 Å². The third-order valence-electron chi connectivity index (χ3n) is 5.95. The minimum Gasteiger partial charge on any atom is -0.507 e. The smallest absolute Gasteiger partial charge is 0.338 e. The van der Waals surface area contributed by atoms with Gasteiger partial charge in [0, 0.05) is 11.9 Å². The molecule has 4 heteroatoms. The molecule has 4 nitrogen and oxygen atoms in total. The minimum atomic E-state index is -0.417. The zero-order valence-corrected chi connectivity index (χ0v) is 18.0. The van der Waals surface area contributed by atoms with Gasteiger partial charge in [0.1, 0.15) is 5.75 Å². The number of benzene rings is 4. The number of esters is 1. The van der Waals surface area contributed by atoms with Crippen LogP contribution in [-0.2, 0) is 11.3 Å². The molecular formula is C28H23NO3. The van der Waals surface area contributed by atoms with E-state index in [4.69, 9.17) is 4.74 Å². The topological polar surface area (TPSA) is 51.5 Å². The highest BCUT2D eigenvalue weighted by Crippen LogP contribution is 2.39. The number of hydrogen-bond donors (Lipinski definition) is 1. The van der Waals surface area contributed by atoms with Gasteiger partial charge < -0.3 is 14.4 Å². The molecule has 0 unspecified atom stereocenters. The number of carbonyl (C=O) groups excluding carboxylic acids is 1. The van der Waals surface area contributed by atoms with E-state index in [0.29, 0.717) is 22.9 Å². The fourth-order valence-electron chi connectivity index (χ4n) is 4.55. The van der Waals surface area contributed by atoms with Crippen molar-refractivity contribution in [1.82, 2.24) is 4.57 Å². The Balaban J connectivity index is 1.80. The number of fused-ring (bicyclic) bond motifs is 3. The van der Waals surface area contributed by atoms with Gasteiger partial charge in [-0.25, -0.2) is 4.79 Å². The molecule has 0 amide bonds. The number of rotatable bonds is 4. The van der Waals surface area contributed by atoms with Crippen LogP contribution in [0.5, 0.6) is 5.75 Å². The van der Waals surface area contributed by atoms with E-state index in [2.05, 4.69) is 34.9 Å². The van der Waals surface area contributed by atoms with Gasteiger partial charge in [0.25, 0.3) is 0 Å². The molecule has 0 aliphatic heterocycles. The lowest BCUT2D eigenvalue weighted by atomic mass is 9.99. The minimum absolute atomic E-state index is 0.163. The van der Waals surface area contributed by atoms with Crippen LogP contribution < -0.4 is 0 Å². The number of aromatic nitrogens is 1. The Labute approximate surface area is 186 Å². The normalized spacial score (nSPS) is 11.2. The summed E-state index contributed by atoms with van der Waals surface area (Å²) in [5.41, 5.74) is 6.63. The van der Waals surface area contributed by atoms with E-state index in [1.807, 2.05) is 49.4 Å². The molecule has 5 aromatic rings. The third kappa shape index (κ3) is 3.21. The standard InChI is InChI=1S/C28H23NO3/c1-18-15-24-27(25(30)16-18)26-22(28(31)32-2)13-8-14-23(26)29(24)17-20-11-6-7-12-21(20)19-9-4-3-5-10-19/h3-16,30H,17H2,1-2H3. The van der Waals surface area contributed by atoms with Gasteiger partial charge in [0.2, 0.25) is 0 Å². The van der Waals surface area contributed by atoms with Crippen LogP contribution in [-0.4, -0.2) is 22.8 Å². The molecular weight excluding hydrogens is 398 g/mol. The Bertz CT molecular complexity index is 1470. The summed E-state index contributed by atoms with van der Waals surface area (Å²) in [4.78, 5) is 12.5. The van der Waals surface area contributed by atoms with E-state index in [9.17, 15) is 9.90 Å². The van der Waals surface area contributed by atoms with Crippen molar-refractivity contribution in [2.45, 2.75) is 13.5 Å². The van der Waals surface area contributed by atoms with Crippen LogP contribution in [0.1, 0.15) is 21.5 Å². The number of aryl methyl sites for hydroxylation is 1. The Morgan fingerprint density at radius 3 is 2.41 bits per heavy atom. The summed E-state index contributed by atoms with van der Waals surface area (Å²) in [6.45, 7) is 2.55. The van der Waals surface area contributed by atoms with Gasteiger partial charge in [0.05, 0.1) is 29.1 Å². The van der Waals surface area contributed by atoms with E-state index < -0.39 is 5.97 Å². The van der Waals surface area contributed by atoms with Crippen LogP contribution in [0.25, 0.3) is 32.9 Å². The van der Waals surface area contributed by atoms with E-state index in [1.165, 1.54) is 7.11 Å². The Morgan fingerprint density at radius 2 is 1.62 bits per heavy atom. The molecule has 0 radical (unpaired) electrons. The summed E-state index contributed by atoms with van der Waals surface area (Å²) < 4.78 is 7.20. The van der Waals surface area contributed by atoms with Crippen molar-refractivity contribution in [3.63, 3.8) is 0 Å². The molecule has 0 fully saturated rings. The summed E-state index contributed by atoms with van der Waals surface area (Å²) in [6.07, 6.45) is 0. The number of methoxy groups -OCH3 is 1. The largest absolute Gasteiger partial charge is 0.507 e. The highest BCUT2D eigenvalue weighted by molar-refractivity contribution is 6.19. The highest BCUT2D eigenvalue weighted by atomic mass is 16.5. The molecule has 0 aliphatic rings. The van der Waals surface area contributed by atoms with Crippen LogP contribution in [0.3, 0.4) is 0 Å². The first-order chi connectivity index (χ1) is 15.6. The van der Waals surface area contributed by atoms with Crippen LogP contribution in [0, 0.1) is 6.92 Å². The number of phenols is 1. The van der Waals surface area contributed by atoms with Gasteiger partial charge >= 0.3 is 5.97 Å². The van der Waals surface area contributed by atoms with Crippen LogP contribution in [0.2, 0.25) is 0 Å². The van der Waals surface area contributed by atoms with E-state index in [0.717, 1.165) is 33.3 Å². The van der Waals surface area contributed by atoms with Gasteiger partial charge in [-0.3, -0.25) is 0 Å². The summed E-state index contributed by atoms with van der Waals surface area (Å²) in [7, 11) is 1.38. The average Bonchev–Trinajstić information content (AvgIpc) is 3.13. The van der Waals surface area contributed by atoms with E-state index in [-0.39, 0.29) is 5.75 Å². The maximum atomic E-state index is 12.5. The van der Waals surface area contributed by atoms with Crippen LogP contribution in [0.15, 0.2) is 84.9 Å². The third-order valence-corrected chi connectivity index (χ3v) is 5.95. The zero-order chi connectivity index (χ0) is 22.2. The predicted octanol–water partition coefficient (Wildman–Crippen LogP) is 6.31. The number of ether oxygens (including phenoxy) is 1. The molecule has 4 aromatic carbocycles. The lowest BCUT2D eigenvalue weighted by molar-refractivity contribution is 0.0603. The van der Waals surface area contributed by atoms with Crippen molar-refractivity contribution in [2.75, 3.05) is 7.11 Å². The molecule has 0 spiro atoms. The number of nitrogens with zero attached hydrogens (tertiary/aromatic N) is 1. The summed E-state index contributed by atoms with van der Waals surface area (Å²) in [5, 5.41) is 12.3. The maximum Gasteiger partial charge on any atom is 0.338 e. The van der Waals surface area contributed by atoms with Crippen molar-refractivity contribution >= 4 is 27.8 Å². The van der Waals surface area contributed by atoms with Crippen molar-refractivity contribution in [2.24, 2.45) is 0 Å². The van der Waals surface area contributed by atoms with Gasteiger partial charge in [-0.15, -0.1) is 0 Å². The molecule has 0 saturated heterocycles. The predicted molar refractivity (Wildman–Crippen MR) is 128 cm³/mol. The average molecular weight is 421 g/mol. The zero-order valence-electron chi connectivity index (χ0n) is 18.0. The molecule has 0 saturated carbocycles. The van der Waals surface area contributed by atoms with E-state index in [1.54, 1.807) is 12.1 Å². The summed E-state index contributed by atoms with van der Waals surface area (Å²) >= 11 is 0. The Morgan fingerprint density at radius 1 is 0.875 bits per heavy atom. The second-order valence-electron chi connectivity index (χ2n) is 7.98. The molecule has 5 rings (SSSR count). The Kier molecular flexibility index (Phi) is 4.91. The summed E-state index contributed by atoms with van der Waals surface area (Å²) in [5.74, 6) is -0.254. The number of carbonyl (C=O) groups is 1. The second kappa shape index (κ2) is 7.89. The Hall–Kier alpha value is -4.05. The van der Waals surface area contributed by atoms with Crippen molar-refractivity contribution < 1.29 is 14.6 Å². The first kappa shape index (κ1) is 19.9. The van der Waals surface area contributed by atoms with Crippen molar-refractivity contribution in [3.8, 4) is 16.9 Å². The first-order valence-electron chi connectivity index (χ1n) is 10.5. The quantitative estimate of drug-likeness (QED) is 0.346. The number of aromatic hydroxyl groups is 1. The number of hydrogen-bond acceptors (Lipinski definition) is 3. The highest BCUT2D eigenvalue weighted by Gasteiger charge is 2.21. The summed E-state index contributed by atoms with van der Waals surface area (Å²) in [6, 6.07) is 28.0. The molecule has 158 valence electrons. The van der Waals surface area contributed by atoms with Gasteiger partial charge in [-0.05, 0) is 53.4 Å². The molecule has 0 aliphatic carbocycles. The molecule has 1 N–H and O–H groups in total. The SMILES string of the molecule is COC(=O)c1cccc2c1c1c(O)cc(C)cc1n2Cc1ccccc1-c1ccccc1. The van der Waals surface area contributed by atoms with Crippen molar-refractivity contribution in [3.05, 3.63) is 102 Å². The fraction of sp³-hybridized carbons (Fsp3) is 0.107. The molecule has 0 bridgehead atoms. The fourth-order valence-corrected chi connectivity index (χ4v) is 4.55. The lowest BCUT2D eigenvalue weighted by Gasteiger charge is -2.13. The van der Waals surface area contributed by atoms with Gasteiger partial charge in [-0.1, -0.05) is 60.7 Å². The molecule has 1 heterocycles. The first-order valence-corrected chi connectivity index (χ1v) is 10.5.